The first-order valence-corrected chi connectivity index (χ1v) is 9.61. The number of aryl methyl sites for hydroxylation is 1. The molecule has 0 atom stereocenters. The predicted octanol–water partition coefficient (Wildman–Crippen LogP) is 4.07. The van der Waals surface area contributed by atoms with Crippen molar-refractivity contribution >= 4 is 16.7 Å². The Morgan fingerprint density at radius 2 is 1.82 bits per heavy atom. The van der Waals surface area contributed by atoms with Crippen LogP contribution in [0.15, 0.2) is 24.4 Å². The number of hydrogen-bond donors (Lipinski definition) is 0. The standard InChI is InChI=1S/C22H26N4O2/c1-13(2)8-19-23-10-15-11-26(12-16(15)24-19)20-9-14(3)21-17(27-4)6-7-18(28-5)22(21)25-20/h6-7,9-10,13H,8,11-12H2,1-5H3. The molecule has 3 heterocycles. The third kappa shape index (κ3) is 3.23. The van der Waals surface area contributed by atoms with Crippen molar-refractivity contribution in [3.05, 3.63) is 47.0 Å². The van der Waals surface area contributed by atoms with Crippen molar-refractivity contribution in [1.82, 2.24) is 15.0 Å². The fourth-order valence-electron chi connectivity index (χ4n) is 3.78. The van der Waals surface area contributed by atoms with Gasteiger partial charge in [-0.05, 0) is 36.6 Å². The minimum atomic E-state index is 0.544. The molecule has 6 heteroatoms. The summed E-state index contributed by atoms with van der Waals surface area (Å²) in [5, 5.41) is 0.987. The molecule has 1 aromatic carbocycles. The molecule has 0 spiro atoms. The molecule has 6 nitrogen and oxygen atoms in total. The number of anilines is 1. The van der Waals surface area contributed by atoms with Gasteiger partial charge < -0.3 is 14.4 Å². The highest BCUT2D eigenvalue weighted by Crippen LogP contribution is 2.37. The molecule has 3 aromatic rings. The number of ether oxygens (including phenoxy) is 2. The Bertz CT molecular complexity index is 1030. The van der Waals surface area contributed by atoms with Gasteiger partial charge in [0.2, 0.25) is 0 Å². The van der Waals surface area contributed by atoms with Crippen LogP contribution in [0.25, 0.3) is 10.9 Å². The highest BCUT2D eigenvalue weighted by molar-refractivity contribution is 5.94. The Balaban J connectivity index is 1.72. The number of nitrogens with zero attached hydrogens (tertiary/aromatic N) is 4. The lowest BCUT2D eigenvalue weighted by atomic mass is 10.1. The topological polar surface area (TPSA) is 60.4 Å². The maximum absolute atomic E-state index is 5.56. The van der Waals surface area contributed by atoms with E-state index in [4.69, 9.17) is 19.4 Å². The predicted molar refractivity (Wildman–Crippen MR) is 110 cm³/mol. The van der Waals surface area contributed by atoms with Crippen molar-refractivity contribution in [2.75, 3.05) is 19.1 Å². The summed E-state index contributed by atoms with van der Waals surface area (Å²) in [6.07, 6.45) is 2.87. The molecule has 0 aliphatic carbocycles. The van der Waals surface area contributed by atoms with Crippen LogP contribution in [0.1, 0.15) is 36.5 Å². The quantitative estimate of drug-likeness (QED) is 0.667. The molecule has 0 N–H and O–H groups in total. The average molecular weight is 378 g/mol. The van der Waals surface area contributed by atoms with Gasteiger partial charge >= 0.3 is 0 Å². The molecule has 0 radical (unpaired) electrons. The number of fused-ring (bicyclic) bond motifs is 2. The summed E-state index contributed by atoms with van der Waals surface area (Å²) in [4.78, 5) is 16.5. The molecule has 146 valence electrons. The first-order chi connectivity index (χ1) is 13.5. The van der Waals surface area contributed by atoms with Gasteiger partial charge in [-0.2, -0.15) is 0 Å². The third-order valence-electron chi connectivity index (χ3n) is 5.13. The summed E-state index contributed by atoms with van der Waals surface area (Å²) < 4.78 is 11.1. The fraction of sp³-hybridized carbons (Fsp3) is 0.409. The third-order valence-corrected chi connectivity index (χ3v) is 5.13. The zero-order chi connectivity index (χ0) is 19.8. The van der Waals surface area contributed by atoms with Crippen LogP contribution in [0.3, 0.4) is 0 Å². The molecule has 0 saturated carbocycles. The largest absolute Gasteiger partial charge is 0.496 e. The van der Waals surface area contributed by atoms with Gasteiger partial charge in [0.05, 0.1) is 26.5 Å². The second-order valence-electron chi connectivity index (χ2n) is 7.70. The smallest absolute Gasteiger partial charge is 0.145 e. The monoisotopic (exact) mass is 378 g/mol. The van der Waals surface area contributed by atoms with Crippen LogP contribution in [-0.4, -0.2) is 29.2 Å². The summed E-state index contributed by atoms with van der Waals surface area (Å²) in [7, 11) is 3.35. The van der Waals surface area contributed by atoms with E-state index >= 15 is 0 Å². The normalized spacial score (nSPS) is 13.3. The first kappa shape index (κ1) is 18.5. The van der Waals surface area contributed by atoms with Crippen molar-refractivity contribution < 1.29 is 9.47 Å². The highest BCUT2D eigenvalue weighted by atomic mass is 16.5. The van der Waals surface area contributed by atoms with Crippen LogP contribution < -0.4 is 14.4 Å². The van der Waals surface area contributed by atoms with Crippen LogP contribution in [0, 0.1) is 12.8 Å². The van der Waals surface area contributed by atoms with Gasteiger partial charge in [-0.3, -0.25) is 0 Å². The molecule has 0 unspecified atom stereocenters. The van der Waals surface area contributed by atoms with Crippen molar-refractivity contribution in [2.24, 2.45) is 5.92 Å². The van der Waals surface area contributed by atoms with E-state index in [9.17, 15) is 0 Å². The molecule has 0 saturated heterocycles. The molecule has 2 aromatic heterocycles. The number of pyridine rings is 1. The lowest BCUT2D eigenvalue weighted by Crippen LogP contribution is -2.16. The molecule has 4 rings (SSSR count). The van der Waals surface area contributed by atoms with Gasteiger partial charge in [-0.15, -0.1) is 0 Å². The Hall–Kier alpha value is -2.89. The summed E-state index contributed by atoms with van der Waals surface area (Å²) in [6.45, 7) is 7.96. The molecule has 0 bridgehead atoms. The van der Waals surface area contributed by atoms with Crippen molar-refractivity contribution in [3.8, 4) is 11.5 Å². The molecule has 1 aliphatic heterocycles. The van der Waals surface area contributed by atoms with Crippen LogP contribution in [-0.2, 0) is 19.5 Å². The van der Waals surface area contributed by atoms with Crippen molar-refractivity contribution in [1.29, 1.82) is 0 Å². The Kier molecular flexibility index (Phi) is 4.79. The number of rotatable bonds is 5. The number of aromatic nitrogens is 3. The van der Waals surface area contributed by atoms with E-state index in [1.54, 1.807) is 14.2 Å². The minimum absolute atomic E-state index is 0.544. The average Bonchev–Trinajstić information content (AvgIpc) is 3.10. The van der Waals surface area contributed by atoms with Crippen LogP contribution >= 0.6 is 0 Å². The lowest BCUT2D eigenvalue weighted by Gasteiger charge is -2.19. The van der Waals surface area contributed by atoms with Gasteiger partial charge in [0.1, 0.15) is 28.7 Å². The van der Waals surface area contributed by atoms with Crippen LogP contribution in [0.2, 0.25) is 0 Å². The Morgan fingerprint density at radius 3 is 2.54 bits per heavy atom. The minimum Gasteiger partial charge on any atom is -0.496 e. The SMILES string of the molecule is COc1ccc(OC)c2c(C)cc(N3Cc4cnc(CC(C)C)nc4C3)nc12. The van der Waals surface area contributed by atoms with Gasteiger partial charge in [0, 0.05) is 30.1 Å². The van der Waals surface area contributed by atoms with Gasteiger partial charge in [0.15, 0.2) is 0 Å². The molecular weight excluding hydrogens is 352 g/mol. The molecule has 0 fully saturated rings. The highest BCUT2D eigenvalue weighted by Gasteiger charge is 2.24. The molecule has 1 aliphatic rings. The van der Waals surface area contributed by atoms with E-state index in [2.05, 4.69) is 36.7 Å². The maximum Gasteiger partial charge on any atom is 0.145 e. The second kappa shape index (κ2) is 7.26. The van der Waals surface area contributed by atoms with E-state index < -0.39 is 0 Å². The van der Waals surface area contributed by atoms with Crippen molar-refractivity contribution in [2.45, 2.75) is 40.3 Å². The first-order valence-electron chi connectivity index (χ1n) is 9.61. The van der Waals surface area contributed by atoms with Crippen molar-refractivity contribution in [3.63, 3.8) is 0 Å². The Morgan fingerprint density at radius 1 is 1.07 bits per heavy atom. The van der Waals surface area contributed by atoms with E-state index in [0.717, 1.165) is 64.8 Å². The molecule has 28 heavy (non-hydrogen) atoms. The van der Waals surface area contributed by atoms with Gasteiger partial charge in [0.25, 0.3) is 0 Å². The summed E-state index contributed by atoms with van der Waals surface area (Å²) in [6, 6.07) is 5.94. The molecular formula is C22H26N4O2. The summed E-state index contributed by atoms with van der Waals surface area (Å²) in [5.74, 6) is 3.94. The van der Waals surface area contributed by atoms with E-state index in [0.29, 0.717) is 5.92 Å². The van der Waals surface area contributed by atoms with E-state index in [1.807, 2.05) is 18.3 Å². The van der Waals surface area contributed by atoms with Gasteiger partial charge in [-0.25, -0.2) is 15.0 Å². The zero-order valence-corrected chi connectivity index (χ0v) is 17.1. The van der Waals surface area contributed by atoms with E-state index in [1.165, 1.54) is 5.56 Å². The summed E-state index contributed by atoms with van der Waals surface area (Å²) in [5.41, 5.74) is 4.20. The summed E-state index contributed by atoms with van der Waals surface area (Å²) >= 11 is 0. The molecule has 0 amide bonds. The number of hydrogen-bond acceptors (Lipinski definition) is 6. The second-order valence-corrected chi connectivity index (χ2v) is 7.70. The van der Waals surface area contributed by atoms with Gasteiger partial charge in [-0.1, -0.05) is 13.8 Å². The van der Waals surface area contributed by atoms with Crippen LogP contribution in [0.5, 0.6) is 11.5 Å². The fourth-order valence-corrected chi connectivity index (χ4v) is 3.78. The Labute approximate surface area is 165 Å². The maximum atomic E-state index is 5.56. The van der Waals surface area contributed by atoms with E-state index in [-0.39, 0.29) is 0 Å². The van der Waals surface area contributed by atoms with Crippen LogP contribution in [0.4, 0.5) is 5.82 Å². The lowest BCUT2D eigenvalue weighted by molar-refractivity contribution is 0.409. The number of methoxy groups -OCH3 is 2. The number of benzene rings is 1. The zero-order valence-electron chi connectivity index (χ0n) is 17.1.